The van der Waals surface area contributed by atoms with Crippen molar-refractivity contribution >= 4 is 11.9 Å². The van der Waals surface area contributed by atoms with Gasteiger partial charge in [-0.15, -0.1) is 0 Å². The molecule has 2 aromatic carbocycles. The molecule has 1 fully saturated rings. The molecule has 1 amide bonds. The number of nitriles is 1. The normalized spacial score (nSPS) is 28.1. The van der Waals surface area contributed by atoms with Crippen molar-refractivity contribution in [3.05, 3.63) is 53.6 Å². The number of benzene rings is 2. The summed E-state index contributed by atoms with van der Waals surface area (Å²) in [6, 6.07) is 15.4. The average Bonchev–Trinajstić information content (AvgIpc) is 3.02. The van der Waals surface area contributed by atoms with Gasteiger partial charge in [-0.2, -0.15) is 5.26 Å². The van der Waals surface area contributed by atoms with Gasteiger partial charge in [0.25, 0.3) is 5.91 Å². The molecule has 3 aliphatic rings. The molecule has 0 aromatic heterocycles. The van der Waals surface area contributed by atoms with Crippen molar-refractivity contribution in [2.45, 2.75) is 50.4 Å². The number of nitrogens with two attached hydrogens (primary N) is 1. The fraction of sp³-hybridized carbons (Fsp3) is 0.423. The predicted octanol–water partition coefficient (Wildman–Crippen LogP) is 3.56. The van der Waals surface area contributed by atoms with Gasteiger partial charge in [-0.1, -0.05) is 18.2 Å². The van der Waals surface area contributed by atoms with Crippen LogP contribution in [0.15, 0.2) is 47.5 Å². The first-order valence-electron chi connectivity index (χ1n) is 11.3. The summed E-state index contributed by atoms with van der Waals surface area (Å²) in [6.07, 6.45) is 2.00. The lowest BCUT2D eigenvalue weighted by Gasteiger charge is -2.44. The predicted molar refractivity (Wildman–Crippen MR) is 124 cm³/mol. The first-order chi connectivity index (χ1) is 15.7. The lowest BCUT2D eigenvalue weighted by molar-refractivity contribution is -0.134. The number of hydrogen-bond donors (Lipinski definition) is 1. The highest BCUT2D eigenvalue weighted by atomic mass is 16.5. The molecule has 0 saturated carbocycles. The lowest BCUT2D eigenvalue weighted by Crippen LogP contribution is -2.49. The molecule has 2 aromatic rings. The van der Waals surface area contributed by atoms with Gasteiger partial charge in [-0.25, -0.2) is 4.99 Å². The van der Waals surface area contributed by atoms with Gasteiger partial charge in [0.05, 0.1) is 17.2 Å². The van der Waals surface area contributed by atoms with Crippen molar-refractivity contribution in [3.63, 3.8) is 0 Å². The zero-order chi connectivity index (χ0) is 23.4. The largest absolute Gasteiger partial charge is 0.490 e. The fourth-order valence-corrected chi connectivity index (χ4v) is 5.38. The Kier molecular flexibility index (Phi) is 4.95. The smallest absolute Gasteiger partial charge is 0.261 e. The molecule has 1 spiro atoms. The molecule has 1 saturated heterocycles. The van der Waals surface area contributed by atoms with Crippen LogP contribution in [0.1, 0.15) is 44.2 Å². The molecule has 7 nitrogen and oxygen atoms in total. The van der Waals surface area contributed by atoms with Crippen molar-refractivity contribution < 1.29 is 14.3 Å². The molecule has 33 heavy (non-hydrogen) atoms. The molecule has 170 valence electrons. The molecule has 0 aliphatic carbocycles. The summed E-state index contributed by atoms with van der Waals surface area (Å²) in [5.41, 5.74) is 7.91. The number of nitrogens with zero attached hydrogens (tertiary/aromatic N) is 3. The van der Waals surface area contributed by atoms with Crippen LogP contribution in [0.25, 0.3) is 11.1 Å². The van der Waals surface area contributed by atoms with E-state index in [-0.39, 0.29) is 29.5 Å². The number of guanidine groups is 1. The third kappa shape index (κ3) is 3.55. The minimum Gasteiger partial charge on any atom is -0.490 e. The number of ether oxygens (including phenoxy) is 2. The maximum atomic E-state index is 13.6. The Hall–Kier alpha value is -3.37. The number of rotatable bonds is 2. The third-order valence-electron chi connectivity index (χ3n) is 7.09. The topological polar surface area (TPSA) is 101 Å². The number of carbonyl (C=O) groups excluding carboxylic acids is 1. The first kappa shape index (κ1) is 21.5. The Labute approximate surface area is 193 Å². The van der Waals surface area contributed by atoms with Gasteiger partial charge in [-0.3, -0.25) is 9.69 Å². The quantitative estimate of drug-likeness (QED) is 0.763. The zero-order valence-corrected chi connectivity index (χ0v) is 19.2. The van der Waals surface area contributed by atoms with E-state index in [1.54, 1.807) is 13.1 Å². The SMILES string of the molecule is CN1C(=O)C2(C[C@H]([C@@H]3CCOC(C)(C)C3)Oc3ccc(-c4cccc(C#N)c4)cc32)N=C1N. The van der Waals surface area contributed by atoms with Crippen LogP contribution in [-0.4, -0.2) is 42.1 Å². The summed E-state index contributed by atoms with van der Waals surface area (Å²) in [4.78, 5) is 19.7. The molecule has 1 unspecified atom stereocenters. The van der Waals surface area contributed by atoms with E-state index in [2.05, 4.69) is 19.9 Å². The molecule has 2 N–H and O–H groups in total. The van der Waals surface area contributed by atoms with Gasteiger partial charge >= 0.3 is 0 Å². The van der Waals surface area contributed by atoms with Crippen LogP contribution in [-0.2, 0) is 15.1 Å². The highest BCUT2D eigenvalue weighted by Crippen LogP contribution is 2.49. The third-order valence-corrected chi connectivity index (χ3v) is 7.09. The standard InChI is InChI=1S/C26H28N4O3/c1-25(2)13-19(9-10-32-25)22-14-26(23(31)30(3)24(28)29-26)20-12-18(7-8-21(20)33-22)17-6-4-5-16(11-17)15-27/h4-8,11-12,19,22H,9-10,13-14H2,1-3H3,(H2,28,29)/t19-,22-,26?/m1/s1. The molecule has 5 rings (SSSR count). The molecule has 3 heterocycles. The number of fused-ring (bicyclic) bond motifs is 2. The van der Waals surface area contributed by atoms with E-state index in [1.165, 1.54) is 4.90 Å². The van der Waals surface area contributed by atoms with Crippen molar-refractivity contribution in [1.29, 1.82) is 5.26 Å². The van der Waals surface area contributed by atoms with Crippen LogP contribution in [0.3, 0.4) is 0 Å². The second kappa shape index (κ2) is 7.60. The number of likely N-dealkylation sites (N-methyl/N-ethyl adjacent to an activating group) is 1. The Bertz CT molecular complexity index is 1200. The number of aliphatic imine (C=N–C) groups is 1. The van der Waals surface area contributed by atoms with Crippen molar-refractivity contribution in [1.82, 2.24) is 4.90 Å². The monoisotopic (exact) mass is 444 g/mol. The summed E-state index contributed by atoms with van der Waals surface area (Å²) >= 11 is 0. The van der Waals surface area contributed by atoms with Gasteiger partial charge < -0.3 is 15.2 Å². The van der Waals surface area contributed by atoms with Crippen molar-refractivity contribution in [2.24, 2.45) is 16.6 Å². The summed E-state index contributed by atoms with van der Waals surface area (Å²) < 4.78 is 12.4. The minimum absolute atomic E-state index is 0.135. The second-order valence-electron chi connectivity index (χ2n) is 9.82. The maximum absolute atomic E-state index is 13.6. The van der Waals surface area contributed by atoms with Gasteiger partial charge in [0.2, 0.25) is 0 Å². The summed E-state index contributed by atoms with van der Waals surface area (Å²) in [7, 11) is 1.66. The Morgan fingerprint density at radius 1 is 1.18 bits per heavy atom. The number of amides is 1. The fourth-order valence-electron chi connectivity index (χ4n) is 5.38. The van der Waals surface area contributed by atoms with Gasteiger partial charge in [0.1, 0.15) is 11.9 Å². The average molecular weight is 445 g/mol. The Morgan fingerprint density at radius 2 is 1.97 bits per heavy atom. The van der Waals surface area contributed by atoms with E-state index < -0.39 is 5.54 Å². The highest BCUT2D eigenvalue weighted by molar-refractivity contribution is 6.07. The zero-order valence-electron chi connectivity index (χ0n) is 19.2. The van der Waals surface area contributed by atoms with Crippen LogP contribution in [0.2, 0.25) is 0 Å². The van der Waals surface area contributed by atoms with Crippen LogP contribution in [0.4, 0.5) is 0 Å². The molecule has 7 heteroatoms. The van der Waals surface area contributed by atoms with E-state index in [9.17, 15) is 10.1 Å². The van der Waals surface area contributed by atoms with E-state index >= 15 is 0 Å². The van der Waals surface area contributed by atoms with E-state index in [0.717, 1.165) is 29.5 Å². The second-order valence-corrected chi connectivity index (χ2v) is 9.82. The first-order valence-corrected chi connectivity index (χ1v) is 11.3. The molecular weight excluding hydrogens is 416 g/mol. The van der Waals surface area contributed by atoms with Crippen LogP contribution in [0, 0.1) is 17.2 Å². The molecule has 3 atom stereocenters. The van der Waals surface area contributed by atoms with Gasteiger partial charge in [0, 0.05) is 31.6 Å². The summed E-state index contributed by atoms with van der Waals surface area (Å²) in [5.74, 6) is 0.997. The summed E-state index contributed by atoms with van der Waals surface area (Å²) in [5, 5.41) is 9.29. The van der Waals surface area contributed by atoms with E-state index in [4.69, 9.17) is 20.2 Å². The highest BCUT2D eigenvalue weighted by Gasteiger charge is 2.55. The van der Waals surface area contributed by atoms with Gasteiger partial charge in [-0.05, 0) is 62.1 Å². The van der Waals surface area contributed by atoms with Crippen LogP contribution >= 0.6 is 0 Å². The van der Waals surface area contributed by atoms with Gasteiger partial charge in [0.15, 0.2) is 11.5 Å². The van der Waals surface area contributed by atoms with Crippen molar-refractivity contribution in [2.75, 3.05) is 13.7 Å². The number of hydrogen-bond acceptors (Lipinski definition) is 6. The van der Waals surface area contributed by atoms with E-state index in [0.29, 0.717) is 24.3 Å². The van der Waals surface area contributed by atoms with Crippen LogP contribution in [0.5, 0.6) is 5.75 Å². The number of carbonyl (C=O) groups is 1. The summed E-state index contributed by atoms with van der Waals surface area (Å²) in [6.45, 7) is 4.86. The minimum atomic E-state index is -1.11. The van der Waals surface area contributed by atoms with Crippen LogP contribution < -0.4 is 10.5 Å². The molecule has 0 bridgehead atoms. The Morgan fingerprint density at radius 3 is 2.67 bits per heavy atom. The Balaban J connectivity index is 1.60. The maximum Gasteiger partial charge on any atom is 0.261 e. The van der Waals surface area contributed by atoms with E-state index in [1.807, 2.05) is 36.4 Å². The lowest BCUT2D eigenvalue weighted by atomic mass is 9.74. The van der Waals surface area contributed by atoms with Crippen molar-refractivity contribution in [3.8, 4) is 22.9 Å². The molecule has 0 radical (unpaired) electrons. The molecular formula is C26H28N4O3. The molecule has 3 aliphatic heterocycles.